The molecule has 1 aliphatic heterocycles. The SMILES string of the molecule is CC(=O)O.CCCCOC(=O)N[C@@H](CNC(=O)C[C@H]1CC(c2ccc(C(=N)N)cc2)=NO1)C(=O)O. The van der Waals surface area contributed by atoms with Crippen LogP contribution in [0.2, 0.25) is 0 Å². The van der Waals surface area contributed by atoms with Gasteiger partial charge in [-0.1, -0.05) is 42.8 Å². The van der Waals surface area contributed by atoms with E-state index in [4.69, 9.17) is 30.6 Å². The molecule has 7 N–H and O–H groups in total. The zero-order valence-corrected chi connectivity index (χ0v) is 19.6. The fourth-order valence-electron chi connectivity index (χ4n) is 2.74. The first kappa shape index (κ1) is 28.9. The summed E-state index contributed by atoms with van der Waals surface area (Å²) in [6.07, 6.45) is 0.558. The van der Waals surface area contributed by atoms with Gasteiger partial charge < -0.3 is 36.2 Å². The Morgan fingerprint density at radius 1 is 1.26 bits per heavy atom. The lowest BCUT2D eigenvalue weighted by Gasteiger charge is -2.16. The van der Waals surface area contributed by atoms with Gasteiger partial charge in [0.25, 0.3) is 5.97 Å². The molecule has 0 saturated carbocycles. The van der Waals surface area contributed by atoms with Gasteiger partial charge in [-0.25, -0.2) is 9.59 Å². The van der Waals surface area contributed by atoms with E-state index in [0.717, 1.165) is 18.9 Å². The molecule has 192 valence electrons. The molecule has 0 aromatic heterocycles. The molecule has 0 unspecified atom stereocenters. The van der Waals surface area contributed by atoms with Crippen LogP contribution in [0, 0.1) is 5.41 Å². The highest BCUT2D eigenvalue weighted by atomic mass is 16.6. The number of aliphatic carboxylic acids is 2. The number of nitrogen functional groups attached to an aromatic ring is 1. The number of benzene rings is 1. The summed E-state index contributed by atoms with van der Waals surface area (Å²) < 4.78 is 4.87. The first-order valence-corrected chi connectivity index (χ1v) is 10.8. The maximum atomic E-state index is 12.2. The van der Waals surface area contributed by atoms with Crippen LogP contribution in [0.3, 0.4) is 0 Å². The summed E-state index contributed by atoms with van der Waals surface area (Å²) >= 11 is 0. The number of amidine groups is 1. The van der Waals surface area contributed by atoms with Crippen LogP contribution in [0.1, 0.15) is 50.7 Å². The molecule has 0 saturated heterocycles. The number of unbranched alkanes of at least 4 members (excludes halogenated alkanes) is 1. The second kappa shape index (κ2) is 14.9. The number of hydrogen-bond donors (Lipinski definition) is 6. The Labute approximate surface area is 202 Å². The number of rotatable bonds is 11. The minimum Gasteiger partial charge on any atom is -0.481 e. The Kier molecular flexibility index (Phi) is 12.3. The van der Waals surface area contributed by atoms with Crippen LogP contribution < -0.4 is 16.4 Å². The molecule has 2 atom stereocenters. The molecule has 0 fully saturated rings. The van der Waals surface area contributed by atoms with E-state index >= 15 is 0 Å². The quantitative estimate of drug-likeness (QED) is 0.147. The highest BCUT2D eigenvalue weighted by molar-refractivity contribution is 6.02. The van der Waals surface area contributed by atoms with Crippen molar-refractivity contribution in [3.8, 4) is 0 Å². The van der Waals surface area contributed by atoms with Gasteiger partial charge in [-0.2, -0.15) is 0 Å². The molecule has 13 heteroatoms. The third kappa shape index (κ3) is 11.5. The van der Waals surface area contributed by atoms with Crippen molar-refractivity contribution in [2.75, 3.05) is 13.2 Å². The third-order valence-electron chi connectivity index (χ3n) is 4.50. The van der Waals surface area contributed by atoms with Crippen molar-refractivity contribution in [2.45, 2.75) is 51.7 Å². The number of carbonyl (C=O) groups is 4. The van der Waals surface area contributed by atoms with Crippen LogP contribution in [0.5, 0.6) is 0 Å². The molecule has 1 heterocycles. The third-order valence-corrected chi connectivity index (χ3v) is 4.50. The second-order valence-electron chi connectivity index (χ2n) is 7.51. The van der Waals surface area contributed by atoms with Gasteiger partial charge in [-0.15, -0.1) is 0 Å². The van der Waals surface area contributed by atoms with Crippen molar-refractivity contribution in [3.63, 3.8) is 0 Å². The number of nitrogens with two attached hydrogens (primary N) is 1. The minimum absolute atomic E-state index is 0.0220. The number of ether oxygens (including phenoxy) is 1. The van der Waals surface area contributed by atoms with Crippen molar-refractivity contribution in [3.05, 3.63) is 35.4 Å². The molecule has 0 aliphatic carbocycles. The number of carboxylic acids is 2. The fourth-order valence-corrected chi connectivity index (χ4v) is 2.74. The average molecular weight is 494 g/mol. The van der Waals surface area contributed by atoms with E-state index < -0.39 is 36.1 Å². The summed E-state index contributed by atoms with van der Waals surface area (Å²) in [6.45, 7) is 2.92. The van der Waals surface area contributed by atoms with Gasteiger partial charge >= 0.3 is 12.1 Å². The second-order valence-corrected chi connectivity index (χ2v) is 7.51. The van der Waals surface area contributed by atoms with Gasteiger partial charge in [-0.3, -0.25) is 15.0 Å². The van der Waals surface area contributed by atoms with Crippen LogP contribution in [0.4, 0.5) is 4.79 Å². The summed E-state index contributed by atoms with van der Waals surface area (Å²) in [5.41, 5.74) is 7.48. The fraction of sp³-hybridized carbons (Fsp3) is 0.455. The molecule has 13 nitrogen and oxygen atoms in total. The molecule has 1 aromatic rings. The number of hydrogen-bond acceptors (Lipinski definition) is 8. The summed E-state index contributed by atoms with van der Waals surface area (Å²) in [6, 6.07) is 5.63. The highest BCUT2D eigenvalue weighted by Gasteiger charge is 2.26. The van der Waals surface area contributed by atoms with Crippen molar-refractivity contribution >= 4 is 35.5 Å². The highest BCUT2D eigenvalue weighted by Crippen LogP contribution is 2.19. The maximum Gasteiger partial charge on any atom is 0.407 e. The van der Waals surface area contributed by atoms with Gasteiger partial charge in [0.2, 0.25) is 5.91 Å². The monoisotopic (exact) mass is 493 g/mol. The Morgan fingerprint density at radius 2 is 1.89 bits per heavy atom. The molecule has 0 radical (unpaired) electrons. The smallest absolute Gasteiger partial charge is 0.407 e. The summed E-state index contributed by atoms with van der Waals surface area (Å²) in [7, 11) is 0. The minimum atomic E-state index is -1.31. The molecule has 35 heavy (non-hydrogen) atoms. The molecule has 2 rings (SSSR count). The number of carboxylic acid groups (broad SMARTS) is 2. The lowest BCUT2D eigenvalue weighted by atomic mass is 10.0. The maximum absolute atomic E-state index is 12.2. The van der Waals surface area contributed by atoms with Gasteiger partial charge in [0.05, 0.1) is 18.7 Å². The number of oxime groups is 1. The Bertz CT molecular complexity index is 928. The van der Waals surface area contributed by atoms with Gasteiger partial charge in [0, 0.05) is 25.5 Å². The summed E-state index contributed by atoms with van der Waals surface area (Å²) in [5, 5.41) is 32.7. The van der Waals surface area contributed by atoms with Crippen LogP contribution in [0.25, 0.3) is 0 Å². The molecule has 2 amide bonds. The largest absolute Gasteiger partial charge is 0.481 e. The number of nitrogens with one attached hydrogen (secondary N) is 3. The van der Waals surface area contributed by atoms with Crippen LogP contribution >= 0.6 is 0 Å². The van der Waals surface area contributed by atoms with Crippen LogP contribution in [-0.2, 0) is 24.0 Å². The lowest BCUT2D eigenvalue weighted by molar-refractivity contribution is -0.139. The molecule has 0 spiro atoms. The van der Waals surface area contributed by atoms with Crippen LogP contribution in [-0.4, -0.2) is 71.0 Å². The zero-order chi connectivity index (χ0) is 26.4. The topological polar surface area (TPSA) is 213 Å². The first-order valence-electron chi connectivity index (χ1n) is 10.8. The number of nitrogens with zero attached hydrogens (tertiary/aromatic N) is 1. The van der Waals surface area contributed by atoms with E-state index in [2.05, 4.69) is 15.8 Å². The van der Waals surface area contributed by atoms with Crippen molar-refractivity contribution < 1.29 is 39.0 Å². The van der Waals surface area contributed by atoms with Gasteiger partial charge in [-0.05, 0) is 12.0 Å². The van der Waals surface area contributed by atoms with E-state index in [-0.39, 0.29) is 25.4 Å². The summed E-state index contributed by atoms with van der Waals surface area (Å²) in [5.74, 6) is -2.58. The van der Waals surface area contributed by atoms with Crippen LogP contribution in [0.15, 0.2) is 29.4 Å². The molecular formula is C22H31N5O8. The number of carbonyl (C=O) groups excluding carboxylic acids is 2. The molecule has 0 bridgehead atoms. The van der Waals surface area contributed by atoms with E-state index in [9.17, 15) is 19.5 Å². The number of amides is 2. The zero-order valence-electron chi connectivity index (χ0n) is 19.6. The molecular weight excluding hydrogens is 462 g/mol. The number of alkyl carbamates (subject to hydrolysis) is 1. The first-order chi connectivity index (χ1) is 16.5. The standard InChI is InChI=1S/C20H27N5O6.C2H4O2/c1-2-3-8-30-20(29)24-16(19(27)28)11-23-17(26)10-14-9-15(25-31-14)12-4-6-13(7-5-12)18(21)22;1-2(3)4/h4-7,14,16H,2-3,8-11H2,1H3,(H3,21,22)(H,23,26)(H,24,29)(H,27,28);1H3,(H,3,4)/t14-,16+;/m1./s1. The van der Waals surface area contributed by atoms with E-state index in [1.807, 2.05) is 6.92 Å². The van der Waals surface area contributed by atoms with E-state index in [1.165, 1.54) is 0 Å². The Morgan fingerprint density at radius 3 is 2.43 bits per heavy atom. The average Bonchev–Trinajstić information content (AvgIpc) is 3.24. The van der Waals surface area contributed by atoms with E-state index in [0.29, 0.717) is 24.1 Å². The molecule has 1 aromatic carbocycles. The van der Waals surface area contributed by atoms with Crippen molar-refractivity contribution in [2.24, 2.45) is 10.9 Å². The molecule has 1 aliphatic rings. The van der Waals surface area contributed by atoms with Gasteiger partial charge in [0.1, 0.15) is 18.0 Å². The van der Waals surface area contributed by atoms with Gasteiger partial charge in [0.15, 0.2) is 0 Å². The van der Waals surface area contributed by atoms with E-state index in [1.54, 1.807) is 24.3 Å². The normalized spacial score (nSPS) is 14.8. The lowest BCUT2D eigenvalue weighted by Crippen LogP contribution is -2.48. The Hall–Kier alpha value is -4.16. The Balaban J connectivity index is 0.00000142. The predicted octanol–water partition coefficient (Wildman–Crippen LogP) is 1.04. The van der Waals surface area contributed by atoms with Crippen molar-refractivity contribution in [1.29, 1.82) is 5.41 Å². The summed E-state index contributed by atoms with van der Waals surface area (Å²) in [4.78, 5) is 49.4. The van der Waals surface area contributed by atoms with Crippen molar-refractivity contribution in [1.82, 2.24) is 10.6 Å². The predicted molar refractivity (Wildman–Crippen MR) is 125 cm³/mol.